The number of carbonyl (C=O) groups excluding carboxylic acids is 1. The predicted molar refractivity (Wildman–Crippen MR) is 97.1 cm³/mol. The number of para-hydroxylation sites is 1. The van der Waals surface area contributed by atoms with Crippen LogP contribution in [0.3, 0.4) is 0 Å². The van der Waals surface area contributed by atoms with Crippen molar-refractivity contribution in [3.05, 3.63) is 47.2 Å². The molecule has 25 heavy (non-hydrogen) atoms. The number of thiazole rings is 1. The van der Waals surface area contributed by atoms with Gasteiger partial charge in [0, 0.05) is 20.3 Å². The third-order valence-corrected chi connectivity index (χ3v) is 6.24. The van der Waals surface area contributed by atoms with Crippen LogP contribution < -0.4 is 4.72 Å². The van der Waals surface area contributed by atoms with Gasteiger partial charge in [-0.1, -0.05) is 12.1 Å². The summed E-state index contributed by atoms with van der Waals surface area (Å²) in [6, 6.07) is 9.18. The number of hydrogen-bond donors (Lipinski definition) is 1. The van der Waals surface area contributed by atoms with Crippen LogP contribution in [0.1, 0.15) is 15.5 Å². The van der Waals surface area contributed by atoms with E-state index in [4.69, 9.17) is 0 Å². The van der Waals surface area contributed by atoms with Crippen molar-refractivity contribution in [3.63, 3.8) is 0 Å². The van der Waals surface area contributed by atoms with E-state index in [9.17, 15) is 13.2 Å². The Morgan fingerprint density at radius 3 is 2.76 bits per heavy atom. The molecule has 3 aromatic rings. The number of benzene rings is 1. The average molecular weight is 378 g/mol. The van der Waals surface area contributed by atoms with Crippen molar-refractivity contribution in [2.45, 2.75) is 11.4 Å². The summed E-state index contributed by atoms with van der Waals surface area (Å²) >= 11 is 1.54. The quantitative estimate of drug-likeness (QED) is 0.734. The molecule has 0 aliphatic heterocycles. The van der Waals surface area contributed by atoms with Gasteiger partial charge in [0.1, 0.15) is 15.6 Å². The Hall–Kier alpha value is -2.23. The highest BCUT2D eigenvalue weighted by Gasteiger charge is 2.22. The molecule has 0 aliphatic rings. The average Bonchev–Trinajstić information content (AvgIpc) is 3.17. The summed E-state index contributed by atoms with van der Waals surface area (Å²) in [5.41, 5.74) is 1.21. The number of aromatic nitrogens is 2. The molecule has 1 aromatic carbocycles. The molecule has 0 radical (unpaired) electrons. The zero-order chi connectivity index (χ0) is 18.2. The minimum Gasteiger partial charge on any atom is -0.345 e. The number of fused-ring (bicyclic) bond motifs is 1. The molecule has 2 heterocycles. The first-order chi connectivity index (χ1) is 11.8. The van der Waals surface area contributed by atoms with Crippen molar-refractivity contribution in [1.29, 1.82) is 0 Å². The fourth-order valence-corrected chi connectivity index (χ4v) is 4.29. The van der Waals surface area contributed by atoms with Gasteiger partial charge in [0.2, 0.25) is 10.0 Å². The van der Waals surface area contributed by atoms with E-state index < -0.39 is 10.0 Å². The highest BCUT2D eigenvalue weighted by molar-refractivity contribution is 7.89. The highest BCUT2D eigenvalue weighted by atomic mass is 32.2. The maximum absolute atomic E-state index is 12.7. The highest BCUT2D eigenvalue weighted by Crippen LogP contribution is 2.23. The summed E-state index contributed by atoms with van der Waals surface area (Å²) in [6.07, 6.45) is 1.42. The van der Waals surface area contributed by atoms with E-state index in [1.807, 2.05) is 24.3 Å². The van der Waals surface area contributed by atoms with Crippen LogP contribution in [0.4, 0.5) is 0 Å². The largest absolute Gasteiger partial charge is 0.345 e. The molecule has 132 valence electrons. The van der Waals surface area contributed by atoms with Gasteiger partial charge in [-0.3, -0.25) is 4.79 Å². The lowest BCUT2D eigenvalue weighted by Gasteiger charge is -2.15. The number of nitrogens with one attached hydrogen (secondary N) is 1. The fourth-order valence-electron chi connectivity index (χ4n) is 2.47. The van der Waals surface area contributed by atoms with Gasteiger partial charge in [0.05, 0.1) is 16.8 Å². The van der Waals surface area contributed by atoms with E-state index in [1.165, 1.54) is 40.1 Å². The van der Waals surface area contributed by atoms with Crippen LogP contribution in [0.25, 0.3) is 10.2 Å². The second kappa shape index (κ2) is 6.58. The zero-order valence-electron chi connectivity index (χ0n) is 14.1. The van der Waals surface area contributed by atoms with Crippen LogP contribution in [0.15, 0.2) is 41.4 Å². The van der Waals surface area contributed by atoms with Crippen LogP contribution >= 0.6 is 11.3 Å². The van der Waals surface area contributed by atoms with Crippen LogP contribution in [0.5, 0.6) is 0 Å². The van der Waals surface area contributed by atoms with Crippen molar-refractivity contribution in [2.75, 3.05) is 14.1 Å². The van der Waals surface area contributed by atoms with Crippen LogP contribution in [-0.4, -0.2) is 42.9 Å². The second-order valence-electron chi connectivity index (χ2n) is 5.62. The Kier molecular flexibility index (Phi) is 4.63. The predicted octanol–water partition coefficient (Wildman–Crippen LogP) is 1.82. The first-order valence-corrected chi connectivity index (χ1v) is 9.81. The number of amides is 1. The monoisotopic (exact) mass is 378 g/mol. The zero-order valence-corrected chi connectivity index (χ0v) is 15.7. The van der Waals surface area contributed by atoms with Gasteiger partial charge in [-0.05, 0) is 25.2 Å². The normalized spacial score (nSPS) is 11.8. The SMILES string of the molecule is CNS(=O)(=O)c1cc(C(=O)N(C)Cc2nc3ccccc3s2)n(C)c1. The van der Waals surface area contributed by atoms with Crippen molar-refractivity contribution >= 4 is 37.5 Å². The van der Waals surface area contributed by atoms with E-state index >= 15 is 0 Å². The smallest absolute Gasteiger partial charge is 0.270 e. The van der Waals surface area contributed by atoms with E-state index in [1.54, 1.807) is 14.1 Å². The van der Waals surface area contributed by atoms with Gasteiger partial charge < -0.3 is 9.47 Å². The van der Waals surface area contributed by atoms with Gasteiger partial charge >= 0.3 is 0 Å². The Balaban J connectivity index is 1.83. The fraction of sp³-hybridized carbons (Fsp3) is 0.250. The maximum atomic E-state index is 12.7. The molecule has 0 aliphatic carbocycles. The minimum absolute atomic E-state index is 0.0641. The van der Waals surface area contributed by atoms with E-state index in [0.717, 1.165) is 15.2 Å². The van der Waals surface area contributed by atoms with Crippen LogP contribution in [-0.2, 0) is 23.6 Å². The summed E-state index contributed by atoms with van der Waals surface area (Å²) in [4.78, 5) is 18.8. The number of sulfonamides is 1. The lowest BCUT2D eigenvalue weighted by Crippen LogP contribution is -2.27. The topological polar surface area (TPSA) is 84.3 Å². The van der Waals surface area contributed by atoms with Gasteiger partial charge in [0.25, 0.3) is 5.91 Å². The number of carbonyl (C=O) groups is 1. The molecule has 2 aromatic heterocycles. The summed E-state index contributed by atoms with van der Waals surface area (Å²) in [7, 11) is 1.07. The number of nitrogens with zero attached hydrogens (tertiary/aromatic N) is 3. The van der Waals surface area contributed by atoms with Gasteiger partial charge in [-0.25, -0.2) is 18.1 Å². The van der Waals surface area contributed by atoms with Gasteiger partial charge in [-0.15, -0.1) is 11.3 Å². The molecule has 1 amide bonds. The standard InChI is InChI=1S/C16H18N4O3S2/c1-17-25(22,23)11-8-13(19(2)9-11)16(21)20(3)10-15-18-12-6-4-5-7-14(12)24-15/h4-9,17H,10H2,1-3H3. The molecule has 0 fully saturated rings. The van der Waals surface area contributed by atoms with Crippen LogP contribution in [0.2, 0.25) is 0 Å². The molecule has 0 saturated carbocycles. The Morgan fingerprint density at radius 1 is 1.36 bits per heavy atom. The lowest BCUT2D eigenvalue weighted by atomic mass is 10.3. The molecule has 0 unspecified atom stereocenters. The molecule has 3 rings (SSSR count). The molecular formula is C16H18N4O3S2. The van der Waals surface area contributed by atoms with Gasteiger partial charge in [-0.2, -0.15) is 0 Å². The summed E-state index contributed by atoms with van der Waals surface area (Å²) in [5, 5.41) is 0.828. The number of aryl methyl sites for hydroxylation is 1. The maximum Gasteiger partial charge on any atom is 0.270 e. The van der Waals surface area contributed by atoms with Crippen molar-refractivity contribution < 1.29 is 13.2 Å². The molecule has 1 N–H and O–H groups in total. The number of rotatable bonds is 5. The molecule has 0 bridgehead atoms. The molecule has 0 saturated heterocycles. The molecule has 0 spiro atoms. The minimum atomic E-state index is -3.59. The molecule has 7 nitrogen and oxygen atoms in total. The summed E-state index contributed by atoms with van der Waals surface area (Å²) in [6.45, 7) is 0.359. The summed E-state index contributed by atoms with van der Waals surface area (Å²) in [5.74, 6) is -0.265. The van der Waals surface area contributed by atoms with E-state index in [2.05, 4.69) is 9.71 Å². The van der Waals surface area contributed by atoms with Crippen molar-refractivity contribution in [2.24, 2.45) is 7.05 Å². The van der Waals surface area contributed by atoms with E-state index in [0.29, 0.717) is 12.2 Å². The Bertz CT molecular complexity index is 1000. The Morgan fingerprint density at radius 2 is 2.08 bits per heavy atom. The third-order valence-electron chi connectivity index (χ3n) is 3.84. The first-order valence-electron chi connectivity index (χ1n) is 7.51. The molecule has 0 atom stereocenters. The first kappa shape index (κ1) is 17.6. The van der Waals surface area contributed by atoms with Gasteiger partial charge in [0.15, 0.2) is 0 Å². The van der Waals surface area contributed by atoms with Crippen molar-refractivity contribution in [1.82, 2.24) is 19.2 Å². The summed E-state index contributed by atoms with van der Waals surface area (Å²) < 4.78 is 28.6. The Labute approximate surface area is 150 Å². The molecular weight excluding hydrogens is 360 g/mol. The lowest BCUT2D eigenvalue weighted by molar-refractivity contribution is 0.0775. The van der Waals surface area contributed by atoms with Crippen molar-refractivity contribution in [3.8, 4) is 0 Å². The number of hydrogen-bond acceptors (Lipinski definition) is 5. The third kappa shape index (κ3) is 3.44. The second-order valence-corrected chi connectivity index (χ2v) is 8.62. The van der Waals surface area contributed by atoms with Crippen LogP contribution in [0, 0.1) is 0 Å². The molecule has 9 heteroatoms. The van der Waals surface area contributed by atoms with E-state index in [-0.39, 0.29) is 10.8 Å².